The molecule has 1 unspecified atom stereocenters. The minimum atomic E-state index is -5.08. The number of nitrogens with zero attached hydrogens (tertiary/aromatic N) is 3. The second-order valence-corrected chi connectivity index (χ2v) is 10.6. The van der Waals surface area contributed by atoms with Crippen molar-refractivity contribution in [1.82, 2.24) is 14.2 Å². The summed E-state index contributed by atoms with van der Waals surface area (Å²) in [6.07, 6.45) is -1.31. The second kappa shape index (κ2) is 9.70. The van der Waals surface area contributed by atoms with Crippen LogP contribution in [0.1, 0.15) is 26.7 Å². The average molecular weight is 468 g/mol. The van der Waals surface area contributed by atoms with Crippen molar-refractivity contribution in [2.24, 2.45) is 5.92 Å². The predicted molar refractivity (Wildman–Crippen MR) is 107 cm³/mol. The Kier molecular flexibility index (Phi) is 7.93. The lowest BCUT2D eigenvalue weighted by atomic mass is 9.77. The molecule has 12 heteroatoms. The maximum atomic E-state index is 12.3. The maximum Gasteiger partial charge on any atom is 0.490 e. The van der Waals surface area contributed by atoms with Crippen LogP contribution in [0.5, 0.6) is 5.88 Å². The number of carbonyl (C=O) groups is 1. The normalized spacial score (nSPS) is 21.8. The molecule has 2 aliphatic heterocycles. The molecule has 1 aromatic rings. The summed E-state index contributed by atoms with van der Waals surface area (Å²) in [5.74, 6) is -1.66. The molecule has 1 N–H and O–H groups in total. The fourth-order valence-corrected chi connectivity index (χ4v) is 5.08. The highest BCUT2D eigenvalue weighted by Gasteiger charge is 2.53. The number of likely N-dealkylation sites (N-methyl/N-ethyl adjacent to an activating group) is 1. The zero-order valence-electron chi connectivity index (χ0n) is 17.7. The molecule has 0 bridgehead atoms. The van der Waals surface area contributed by atoms with E-state index in [2.05, 4.69) is 16.9 Å². The van der Waals surface area contributed by atoms with Gasteiger partial charge < -0.3 is 9.84 Å². The van der Waals surface area contributed by atoms with Crippen LogP contribution >= 0.6 is 0 Å². The fourth-order valence-electron chi connectivity index (χ4n) is 3.65. The molecule has 0 aromatic carbocycles. The summed E-state index contributed by atoms with van der Waals surface area (Å²) in [7, 11) is -1.04. The molecule has 31 heavy (non-hydrogen) atoms. The Labute approximate surface area is 180 Å². The number of hydrogen-bond donors (Lipinski definition) is 1. The number of alkyl halides is 3. The van der Waals surface area contributed by atoms with Gasteiger partial charge in [-0.25, -0.2) is 18.2 Å². The van der Waals surface area contributed by atoms with Crippen molar-refractivity contribution < 1.29 is 36.2 Å². The second-order valence-electron chi connectivity index (χ2n) is 8.15. The van der Waals surface area contributed by atoms with Gasteiger partial charge >= 0.3 is 12.1 Å². The summed E-state index contributed by atoms with van der Waals surface area (Å²) in [5, 5.41) is 6.77. The van der Waals surface area contributed by atoms with Gasteiger partial charge in [-0.15, -0.1) is 0 Å². The molecule has 2 fully saturated rings. The van der Waals surface area contributed by atoms with Crippen LogP contribution in [0, 0.1) is 5.92 Å². The van der Waals surface area contributed by atoms with E-state index in [0.29, 0.717) is 31.5 Å². The van der Waals surface area contributed by atoms with E-state index in [0.717, 1.165) is 19.4 Å². The Bertz CT molecular complexity index is 843. The highest BCUT2D eigenvalue weighted by molar-refractivity contribution is 7.89. The summed E-state index contributed by atoms with van der Waals surface area (Å²) < 4.78 is 63.8. The molecule has 8 nitrogen and oxygen atoms in total. The van der Waals surface area contributed by atoms with Crippen LogP contribution < -0.4 is 4.74 Å². The number of ether oxygens (including phenoxy) is 1. The Morgan fingerprint density at radius 1 is 1.35 bits per heavy atom. The fraction of sp³-hybridized carbons (Fsp3) is 0.684. The Hall–Kier alpha value is -1.92. The highest BCUT2D eigenvalue weighted by atomic mass is 32.2. The largest absolute Gasteiger partial charge is 0.490 e. The lowest BCUT2D eigenvalue weighted by Gasteiger charge is -2.58. The topological polar surface area (TPSA) is 100 Å². The third-order valence-electron chi connectivity index (χ3n) is 5.60. The van der Waals surface area contributed by atoms with Gasteiger partial charge in [-0.3, -0.25) is 4.90 Å². The van der Waals surface area contributed by atoms with Gasteiger partial charge in [0.1, 0.15) is 0 Å². The van der Waals surface area contributed by atoms with Crippen molar-refractivity contribution in [2.75, 3.05) is 33.3 Å². The minimum Gasteiger partial charge on any atom is -0.477 e. The van der Waals surface area contributed by atoms with Crippen molar-refractivity contribution in [3.8, 4) is 5.88 Å². The number of likely N-dealkylation sites (tertiary alicyclic amines) is 1. The van der Waals surface area contributed by atoms with E-state index in [-0.39, 0.29) is 10.8 Å². The van der Waals surface area contributed by atoms with Gasteiger partial charge in [0.05, 0.1) is 11.9 Å². The predicted octanol–water partition coefficient (Wildman–Crippen LogP) is 2.23. The quantitative estimate of drug-likeness (QED) is 0.709. The molecule has 2 saturated heterocycles. The van der Waals surface area contributed by atoms with Crippen molar-refractivity contribution in [1.29, 1.82) is 0 Å². The lowest BCUT2D eigenvalue weighted by Crippen LogP contribution is -2.73. The number of hydrogen-bond acceptors (Lipinski definition) is 6. The van der Waals surface area contributed by atoms with Gasteiger partial charge in [-0.05, 0) is 52.3 Å². The van der Waals surface area contributed by atoms with Crippen molar-refractivity contribution in [3.63, 3.8) is 0 Å². The third-order valence-corrected chi connectivity index (χ3v) is 7.76. The third kappa shape index (κ3) is 6.30. The van der Waals surface area contributed by atoms with Crippen LogP contribution in [0.25, 0.3) is 0 Å². The summed E-state index contributed by atoms with van der Waals surface area (Å²) >= 11 is 0. The van der Waals surface area contributed by atoms with Gasteiger partial charge in [-0.2, -0.15) is 17.5 Å². The SMILES string of the molecule is CC(C)S(=O)(=O)N1CC2(CC(COc3ccccn3)CCN2C)C1.O=C(O)C(F)(F)F. The van der Waals surface area contributed by atoms with E-state index in [4.69, 9.17) is 14.6 Å². The zero-order chi connectivity index (χ0) is 23.4. The average Bonchev–Trinajstić information content (AvgIpc) is 2.66. The summed E-state index contributed by atoms with van der Waals surface area (Å²) in [5.41, 5.74) is -0.0294. The first-order chi connectivity index (χ1) is 14.3. The molecular formula is C19H28F3N3O5S. The standard InChI is InChI=1S/C17H27N3O3S.C2HF3O2/c1-14(2)24(21,22)20-12-17(13-20)10-15(7-9-19(17)3)11-23-16-6-4-5-8-18-16;3-2(4,5)1(6)7/h4-6,8,14-15H,7,9-13H2,1-3H3;(H,6,7). The monoisotopic (exact) mass is 467 g/mol. The van der Waals surface area contributed by atoms with Crippen LogP contribution in [-0.2, 0) is 14.8 Å². The minimum absolute atomic E-state index is 0.0294. The number of carboxylic acid groups (broad SMARTS) is 1. The molecule has 176 valence electrons. The van der Waals surface area contributed by atoms with Crippen LogP contribution in [0.4, 0.5) is 13.2 Å². The molecule has 3 heterocycles. The van der Waals surface area contributed by atoms with Crippen LogP contribution in [-0.4, -0.2) is 83.9 Å². The summed E-state index contributed by atoms with van der Waals surface area (Å²) in [4.78, 5) is 15.4. The van der Waals surface area contributed by atoms with E-state index in [1.54, 1.807) is 24.3 Å². The lowest BCUT2D eigenvalue weighted by molar-refractivity contribution is -0.192. The first-order valence-corrected chi connectivity index (χ1v) is 11.3. The van der Waals surface area contributed by atoms with Crippen LogP contribution in [0.15, 0.2) is 24.4 Å². The zero-order valence-corrected chi connectivity index (χ0v) is 18.5. The van der Waals surface area contributed by atoms with E-state index in [1.165, 1.54) is 0 Å². The first kappa shape index (κ1) is 25.3. The first-order valence-electron chi connectivity index (χ1n) is 9.82. The molecule has 3 rings (SSSR count). The van der Waals surface area contributed by atoms with E-state index >= 15 is 0 Å². The number of pyridine rings is 1. The van der Waals surface area contributed by atoms with E-state index < -0.39 is 22.2 Å². The number of aromatic nitrogens is 1. The smallest absolute Gasteiger partial charge is 0.477 e. The van der Waals surface area contributed by atoms with Crippen molar-refractivity contribution >= 4 is 16.0 Å². The number of piperidine rings is 1. The van der Waals surface area contributed by atoms with Crippen LogP contribution in [0.3, 0.4) is 0 Å². The molecule has 1 spiro atoms. The molecule has 1 atom stereocenters. The molecule has 1 aromatic heterocycles. The van der Waals surface area contributed by atoms with E-state index in [1.807, 2.05) is 18.2 Å². The molecule has 0 aliphatic carbocycles. The van der Waals surface area contributed by atoms with Crippen molar-refractivity contribution in [3.05, 3.63) is 24.4 Å². The number of aliphatic carboxylic acids is 1. The van der Waals surface area contributed by atoms with Crippen molar-refractivity contribution in [2.45, 2.75) is 43.7 Å². The summed E-state index contributed by atoms with van der Waals surface area (Å²) in [6, 6.07) is 5.65. The molecular weight excluding hydrogens is 439 g/mol. The maximum absolute atomic E-state index is 12.3. The van der Waals surface area contributed by atoms with Gasteiger partial charge in [0, 0.05) is 30.9 Å². The Morgan fingerprint density at radius 3 is 2.45 bits per heavy atom. The molecule has 0 saturated carbocycles. The number of halogens is 3. The Balaban J connectivity index is 0.000000423. The Morgan fingerprint density at radius 2 is 1.97 bits per heavy atom. The van der Waals surface area contributed by atoms with Crippen LogP contribution in [0.2, 0.25) is 0 Å². The number of sulfonamides is 1. The summed E-state index contributed by atoms with van der Waals surface area (Å²) in [6.45, 7) is 6.31. The number of carboxylic acids is 1. The van der Waals surface area contributed by atoms with Gasteiger partial charge in [0.15, 0.2) is 0 Å². The van der Waals surface area contributed by atoms with E-state index in [9.17, 15) is 21.6 Å². The van der Waals surface area contributed by atoms with Gasteiger partial charge in [0.25, 0.3) is 0 Å². The molecule has 2 aliphatic rings. The highest BCUT2D eigenvalue weighted by Crippen LogP contribution is 2.40. The van der Waals surface area contributed by atoms with Gasteiger partial charge in [0.2, 0.25) is 15.9 Å². The van der Waals surface area contributed by atoms with Gasteiger partial charge in [-0.1, -0.05) is 6.07 Å². The molecule has 0 radical (unpaired) electrons. The number of rotatable bonds is 5. The molecule has 0 amide bonds.